The first-order valence-electron chi connectivity index (χ1n) is 4.20. The summed E-state index contributed by atoms with van der Waals surface area (Å²) in [5.41, 5.74) is 7.30. The van der Waals surface area contributed by atoms with E-state index < -0.39 is 0 Å². The van der Waals surface area contributed by atoms with E-state index in [0.717, 1.165) is 16.5 Å². The largest absolute Gasteiger partial charge is 0.507 e. The molecule has 0 saturated heterocycles. The molecule has 0 amide bonds. The lowest BCUT2D eigenvalue weighted by atomic mass is 10.1. The van der Waals surface area contributed by atoms with Crippen LogP contribution in [0.15, 0.2) is 24.4 Å². The van der Waals surface area contributed by atoms with Gasteiger partial charge in [0.15, 0.2) is 0 Å². The number of phenols is 1. The summed E-state index contributed by atoms with van der Waals surface area (Å²) >= 11 is 0. The molecule has 0 bridgehead atoms. The van der Waals surface area contributed by atoms with Gasteiger partial charge >= 0.3 is 0 Å². The van der Waals surface area contributed by atoms with Crippen LogP contribution in [0.2, 0.25) is 0 Å². The van der Waals surface area contributed by atoms with Crippen LogP contribution in [0.5, 0.6) is 5.75 Å². The van der Waals surface area contributed by atoms with Gasteiger partial charge in [0.1, 0.15) is 5.75 Å². The predicted octanol–water partition coefficient (Wildman–Crippen LogP) is 1.34. The number of hydrogen-bond donors (Lipinski definition) is 2. The Kier molecular flexibility index (Phi) is 1.74. The maximum atomic E-state index is 9.77. The molecule has 0 saturated carbocycles. The Labute approximate surface area is 76.4 Å². The maximum absolute atomic E-state index is 9.77. The monoisotopic (exact) mass is 176 g/mol. The molecule has 0 aliphatic heterocycles. The highest BCUT2D eigenvalue weighted by Crippen LogP contribution is 2.28. The standard InChI is InChI=1S/C10H12N2O/c1-12-5-4-8-9(12)3-2-7(6-11)10(8)13/h2-5,13H,6,11H2,1H3. The molecule has 0 fully saturated rings. The average molecular weight is 176 g/mol. The van der Waals surface area contributed by atoms with Crippen LogP contribution in [-0.4, -0.2) is 9.67 Å². The zero-order chi connectivity index (χ0) is 9.42. The molecule has 1 aromatic heterocycles. The van der Waals surface area contributed by atoms with E-state index in [1.807, 2.05) is 36.0 Å². The van der Waals surface area contributed by atoms with Gasteiger partial charge in [0.25, 0.3) is 0 Å². The van der Waals surface area contributed by atoms with Crippen molar-refractivity contribution in [3.63, 3.8) is 0 Å². The van der Waals surface area contributed by atoms with E-state index in [4.69, 9.17) is 5.73 Å². The molecule has 2 rings (SSSR count). The number of rotatable bonds is 1. The minimum atomic E-state index is 0.306. The van der Waals surface area contributed by atoms with Crippen molar-refractivity contribution >= 4 is 10.9 Å². The third-order valence-electron chi connectivity index (χ3n) is 2.34. The zero-order valence-corrected chi connectivity index (χ0v) is 7.49. The fourth-order valence-electron chi connectivity index (χ4n) is 1.55. The molecule has 0 radical (unpaired) electrons. The number of aromatic hydroxyl groups is 1. The van der Waals surface area contributed by atoms with Gasteiger partial charge in [0.2, 0.25) is 0 Å². The highest BCUT2D eigenvalue weighted by atomic mass is 16.3. The number of nitrogens with two attached hydrogens (primary N) is 1. The van der Waals surface area contributed by atoms with Crippen LogP contribution in [-0.2, 0) is 13.6 Å². The molecule has 13 heavy (non-hydrogen) atoms. The second-order valence-electron chi connectivity index (χ2n) is 3.14. The van der Waals surface area contributed by atoms with Crippen molar-refractivity contribution in [2.45, 2.75) is 6.54 Å². The van der Waals surface area contributed by atoms with E-state index in [2.05, 4.69) is 0 Å². The molecule has 0 unspecified atom stereocenters. The van der Waals surface area contributed by atoms with Gasteiger partial charge in [-0.2, -0.15) is 0 Å². The minimum absolute atomic E-state index is 0.306. The molecule has 3 N–H and O–H groups in total. The van der Waals surface area contributed by atoms with Gasteiger partial charge in [0.05, 0.1) is 5.52 Å². The van der Waals surface area contributed by atoms with E-state index >= 15 is 0 Å². The minimum Gasteiger partial charge on any atom is -0.507 e. The van der Waals surface area contributed by atoms with Crippen molar-refractivity contribution in [2.24, 2.45) is 12.8 Å². The lowest BCUT2D eigenvalue weighted by Gasteiger charge is -2.03. The molecule has 2 aromatic rings. The Bertz CT molecular complexity index is 445. The summed E-state index contributed by atoms with van der Waals surface area (Å²) in [6.07, 6.45) is 1.92. The number of benzene rings is 1. The second-order valence-corrected chi connectivity index (χ2v) is 3.14. The Hall–Kier alpha value is -1.48. The Morgan fingerprint density at radius 3 is 2.85 bits per heavy atom. The van der Waals surface area contributed by atoms with Gasteiger partial charge in [-0.25, -0.2) is 0 Å². The van der Waals surface area contributed by atoms with Crippen LogP contribution < -0.4 is 5.73 Å². The van der Waals surface area contributed by atoms with Gasteiger partial charge in [-0.3, -0.25) is 0 Å². The fourth-order valence-corrected chi connectivity index (χ4v) is 1.55. The van der Waals surface area contributed by atoms with Crippen molar-refractivity contribution in [3.8, 4) is 5.75 Å². The molecule has 1 heterocycles. The van der Waals surface area contributed by atoms with E-state index in [9.17, 15) is 5.11 Å². The Morgan fingerprint density at radius 1 is 1.38 bits per heavy atom. The van der Waals surface area contributed by atoms with E-state index in [-0.39, 0.29) is 0 Å². The first-order chi connectivity index (χ1) is 6.24. The summed E-state index contributed by atoms with van der Waals surface area (Å²) < 4.78 is 1.97. The lowest BCUT2D eigenvalue weighted by molar-refractivity contribution is 0.475. The van der Waals surface area contributed by atoms with Crippen molar-refractivity contribution < 1.29 is 5.11 Å². The zero-order valence-electron chi connectivity index (χ0n) is 7.49. The third-order valence-corrected chi connectivity index (χ3v) is 2.34. The number of aryl methyl sites for hydroxylation is 1. The number of aromatic nitrogens is 1. The number of fused-ring (bicyclic) bond motifs is 1. The predicted molar refractivity (Wildman–Crippen MR) is 52.5 cm³/mol. The lowest BCUT2D eigenvalue weighted by Crippen LogP contribution is -1.96. The highest BCUT2D eigenvalue weighted by Gasteiger charge is 2.06. The van der Waals surface area contributed by atoms with Crippen molar-refractivity contribution in [1.29, 1.82) is 0 Å². The van der Waals surface area contributed by atoms with Crippen molar-refractivity contribution in [3.05, 3.63) is 30.0 Å². The molecule has 0 aliphatic carbocycles. The SMILES string of the molecule is Cn1ccc2c(O)c(CN)ccc21. The molecule has 68 valence electrons. The molecule has 3 heteroatoms. The summed E-state index contributed by atoms with van der Waals surface area (Å²) in [5.74, 6) is 0.306. The first-order valence-corrected chi connectivity index (χ1v) is 4.20. The number of hydrogen-bond acceptors (Lipinski definition) is 2. The summed E-state index contributed by atoms with van der Waals surface area (Å²) in [5, 5.41) is 10.6. The molecular weight excluding hydrogens is 164 g/mol. The average Bonchev–Trinajstić information content (AvgIpc) is 2.50. The summed E-state index contributed by atoms with van der Waals surface area (Å²) in [6, 6.07) is 5.72. The first kappa shape index (κ1) is 8.13. The summed E-state index contributed by atoms with van der Waals surface area (Å²) in [7, 11) is 1.95. The highest BCUT2D eigenvalue weighted by molar-refractivity contribution is 5.87. The van der Waals surface area contributed by atoms with E-state index in [1.165, 1.54) is 0 Å². The van der Waals surface area contributed by atoms with Crippen molar-refractivity contribution in [2.75, 3.05) is 0 Å². The van der Waals surface area contributed by atoms with Crippen LogP contribution >= 0.6 is 0 Å². The quantitative estimate of drug-likeness (QED) is 0.689. The van der Waals surface area contributed by atoms with Crippen molar-refractivity contribution in [1.82, 2.24) is 4.57 Å². The van der Waals surface area contributed by atoms with E-state index in [1.54, 1.807) is 0 Å². The fraction of sp³-hybridized carbons (Fsp3) is 0.200. The number of phenolic OH excluding ortho intramolecular Hbond substituents is 1. The van der Waals surface area contributed by atoms with Gasteiger partial charge in [-0.05, 0) is 12.1 Å². The van der Waals surface area contributed by atoms with Crippen LogP contribution in [0.25, 0.3) is 10.9 Å². The van der Waals surface area contributed by atoms with Gasteiger partial charge < -0.3 is 15.4 Å². The van der Waals surface area contributed by atoms with Gasteiger partial charge in [-0.15, -0.1) is 0 Å². The van der Waals surface area contributed by atoms with E-state index in [0.29, 0.717) is 12.3 Å². The normalized spacial score (nSPS) is 10.9. The van der Waals surface area contributed by atoms with Crippen LogP contribution in [0.1, 0.15) is 5.56 Å². The molecule has 1 aromatic carbocycles. The summed E-state index contributed by atoms with van der Waals surface area (Å²) in [4.78, 5) is 0. The van der Waals surface area contributed by atoms with Gasteiger partial charge in [-0.1, -0.05) is 6.07 Å². The van der Waals surface area contributed by atoms with Crippen LogP contribution in [0, 0.1) is 0 Å². The third kappa shape index (κ3) is 1.09. The molecular formula is C10H12N2O. The molecule has 0 spiro atoms. The smallest absolute Gasteiger partial charge is 0.129 e. The molecule has 0 atom stereocenters. The van der Waals surface area contributed by atoms with Crippen LogP contribution in [0.3, 0.4) is 0 Å². The Balaban J connectivity index is 2.80. The maximum Gasteiger partial charge on any atom is 0.129 e. The summed E-state index contributed by atoms with van der Waals surface area (Å²) in [6.45, 7) is 0.372. The molecule has 0 aliphatic rings. The molecule has 3 nitrogen and oxygen atoms in total. The van der Waals surface area contributed by atoms with Crippen LogP contribution in [0.4, 0.5) is 0 Å². The van der Waals surface area contributed by atoms with Gasteiger partial charge in [0, 0.05) is 30.7 Å². The Morgan fingerprint density at radius 2 is 2.15 bits per heavy atom. The topological polar surface area (TPSA) is 51.2 Å². The number of nitrogens with zero attached hydrogens (tertiary/aromatic N) is 1. The second kappa shape index (κ2) is 2.78.